The van der Waals surface area contributed by atoms with Crippen LogP contribution in [0, 0.1) is 11.8 Å². The molecule has 5 rings (SSSR count). The van der Waals surface area contributed by atoms with E-state index in [1.165, 1.54) is 0 Å². The minimum Gasteiger partial charge on any atom is -0.391 e. The summed E-state index contributed by atoms with van der Waals surface area (Å²) in [6, 6.07) is 12.4. The molecule has 31 heavy (non-hydrogen) atoms. The molecular weight excluding hydrogens is 390 g/mol. The number of carbonyl (C=O) groups excluding carboxylic acids is 1. The molecule has 2 aliphatic heterocycles. The first-order valence-corrected chi connectivity index (χ1v) is 11.5. The third kappa shape index (κ3) is 3.81. The second kappa shape index (κ2) is 8.41. The topological polar surface area (TPSA) is 56.3 Å². The van der Waals surface area contributed by atoms with Crippen LogP contribution in [0.15, 0.2) is 36.4 Å². The van der Waals surface area contributed by atoms with Gasteiger partial charge in [0.2, 0.25) is 0 Å². The van der Waals surface area contributed by atoms with Gasteiger partial charge in [0.1, 0.15) is 0 Å². The van der Waals surface area contributed by atoms with Crippen LogP contribution in [0.1, 0.15) is 23.2 Å². The predicted octanol–water partition coefficient (Wildman–Crippen LogP) is 2.45. The fourth-order valence-electron chi connectivity index (χ4n) is 5.90. The standard InChI is InChI=1S/C25H33N3O3/c1-26(2)22-8-7-21(19-5-3-4-6-20(19)22)25(30)28-15-17-13-23(24(29)14-18(17)16-28)27-9-11-31-12-10-27/h3-8,17-18,23-24,29H,9-16H2,1-2H3/t17-,18+,23-,24-/m1/s1. The molecule has 6 heteroatoms. The van der Waals surface area contributed by atoms with Gasteiger partial charge in [-0.2, -0.15) is 0 Å². The highest BCUT2D eigenvalue weighted by atomic mass is 16.5. The Morgan fingerprint density at radius 3 is 2.39 bits per heavy atom. The van der Waals surface area contributed by atoms with E-state index in [1.807, 2.05) is 37.2 Å². The fraction of sp³-hybridized carbons (Fsp3) is 0.560. The van der Waals surface area contributed by atoms with E-state index >= 15 is 0 Å². The van der Waals surface area contributed by atoms with Crippen molar-refractivity contribution in [1.82, 2.24) is 9.80 Å². The zero-order valence-electron chi connectivity index (χ0n) is 18.5. The molecule has 166 valence electrons. The summed E-state index contributed by atoms with van der Waals surface area (Å²) in [6.45, 7) is 4.83. The van der Waals surface area contributed by atoms with Crippen molar-refractivity contribution in [2.75, 3.05) is 58.4 Å². The molecule has 2 aromatic carbocycles. The van der Waals surface area contributed by atoms with Crippen LogP contribution in [0.5, 0.6) is 0 Å². The Kier molecular flexibility index (Phi) is 5.63. The molecule has 0 spiro atoms. The average Bonchev–Trinajstić information content (AvgIpc) is 3.20. The van der Waals surface area contributed by atoms with Crippen molar-refractivity contribution in [3.05, 3.63) is 42.0 Å². The van der Waals surface area contributed by atoms with Crippen molar-refractivity contribution in [2.45, 2.75) is 25.0 Å². The third-order valence-corrected chi connectivity index (χ3v) is 7.52. The highest BCUT2D eigenvalue weighted by Gasteiger charge is 2.45. The van der Waals surface area contributed by atoms with E-state index in [1.54, 1.807) is 0 Å². The van der Waals surface area contributed by atoms with E-state index in [4.69, 9.17) is 4.74 Å². The predicted molar refractivity (Wildman–Crippen MR) is 123 cm³/mol. The second-order valence-corrected chi connectivity index (χ2v) is 9.56. The number of aliphatic hydroxyl groups is 1. The Balaban J connectivity index is 1.36. The summed E-state index contributed by atoms with van der Waals surface area (Å²) in [5.41, 5.74) is 1.91. The molecule has 1 aliphatic carbocycles. The van der Waals surface area contributed by atoms with Gasteiger partial charge in [0.15, 0.2) is 0 Å². The maximum absolute atomic E-state index is 13.6. The zero-order valence-corrected chi connectivity index (χ0v) is 18.5. The smallest absolute Gasteiger partial charge is 0.254 e. The van der Waals surface area contributed by atoms with E-state index in [-0.39, 0.29) is 18.1 Å². The number of ether oxygens (including phenoxy) is 1. The monoisotopic (exact) mass is 423 g/mol. The Hall–Kier alpha value is -2.15. The van der Waals surface area contributed by atoms with Gasteiger partial charge >= 0.3 is 0 Å². The Morgan fingerprint density at radius 2 is 1.68 bits per heavy atom. The van der Waals surface area contributed by atoms with Gasteiger partial charge in [0, 0.05) is 63.0 Å². The molecule has 6 nitrogen and oxygen atoms in total. The molecule has 2 saturated heterocycles. The maximum Gasteiger partial charge on any atom is 0.254 e. The van der Waals surface area contributed by atoms with E-state index in [0.717, 1.165) is 74.3 Å². The van der Waals surface area contributed by atoms with Gasteiger partial charge in [0.25, 0.3) is 5.91 Å². The van der Waals surface area contributed by atoms with E-state index in [2.05, 4.69) is 28.0 Å². The van der Waals surface area contributed by atoms with Crippen LogP contribution >= 0.6 is 0 Å². The molecule has 1 N–H and O–H groups in total. The molecule has 0 aromatic heterocycles. The number of nitrogens with zero attached hydrogens (tertiary/aromatic N) is 3. The van der Waals surface area contributed by atoms with Gasteiger partial charge in [-0.25, -0.2) is 0 Å². The summed E-state index contributed by atoms with van der Waals surface area (Å²) < 4.78 is 5.49. The summed E-state index contributed by atoms with van der Waals surface area (Å²) in [6.07, 6.45) is 1.45. The lowest BCUT2D eigenvalue weighted by molar-refractivity contribution is -0.0520. The number of likely N-dealkylation sites (tertiary alicyclic amines) is 1. The Morgan fingerprint density at radius 1 is 1.00 bits per heavy atom. The van der Waals surface area contributed by atoms with Crippen molar-refractivity contribution in [3.63, 3.8) is 0 Å². The minimum absolute atomic E-state index is 0.119. The first-order chi connectivity index (χ1) is 15.0. The minimum atomic E-state index is -0.311. The summed E-state index contributed by atoms with van der Waals surface area (Å²) in [5.74, 6) is 0.976. The quantitative estimate of drug-likeness (QED) is 0.822. The average molecular weight is 424 g/mol. The van der Waals surface area contributed by atoms with Gasteiger partial charge < -0.3 is 19.6 Å². The molecule has 0 bridgehead atoms. The Bertz CT molecular complexity index is 956. The van der Waals surface area contributed by atoms with Crippen LogP contribution in [0.25, 0.3) is 10.8 Å². The molecule has 1 saturated carbocycles. The first kappa shape index (κ1) is 20.7. The SMILES string of the molecule is CN(C)c1ccc(C(=O)N2C[C@H]3C[C@@H](N4CCOCC4)[C@H](O)C[C@H]3C2)c2ccccc12. The number of hydrogen-bond acceptors (Lipinski definition) is 5. The highest BCUT2D eigenvalue weighted by Crippen LogP contribution is 2.39. The Labute approximate surface area is 184 Å². The number of anilines is 1. The van der Waals surface area contributed by atoms with Crippen LogP contribution in [-0.2, 0) is 4.74 Å². The lowest BCUT2D eigenvalue weighted by Gasteiger charge is -2.43. The highest BCUT2D eigenvalue weighted by molar-refractivity contribution is 6.10. The molecule has 3 fully saturated rings. The summed E-state index contributed by atoms with van der Waals surface area (Å²) >= 11 is 0. The first-order valence-electron chi connectivity index (χ1n) is 11.5. The molecule has 4 atom stereocenters. The molecule has 0 unspecified atom stereocenters. The summed E-state index contributed by atoms with van der Waals surface area (Å²) in [5, 5.41) is 13.0. The van der Waals surface area contributed by atoms with Crippen LogP contribution in [0.4, 0.5) is 5.69 Å². The molecule has 1 amide bonds. The second-order valence-electron chi connectivity index (χ2n) is 9.56. The lowest BCUT2D eigenvalue weighted by Crippen LogP contribution is -2.53. The fourth-order valence-corrected chi connectivity index (χ4v) is 5.90. The van der Waals surface area contributed by atoms with Gasteiger partial charge in [-0.1, -0.05) is 24.3 Å². The van der Waals surface area contributed by atoms with E-state index in [9.17, 15) is 9.90 Å². The van der Waals surface area contributed by atoms with Gasteiger partial charge in [-0.3, -0.25) is 9.69 Å². The molecule has 3 aliphatic rings. The number of aliphatic hydroxyl groups excluding tert-OH is 1. The maximum atomic E-state index is 13.6. The largest absolute Gasteiger partial charge is 0.391 e. The number of carbonyl (C=O) groups is 1. The number of rotatable bonds is 3. The van der Waals surface area contributed by atoms with Crippen LogP contribution in [-0.4, -0.2) is 86.4 Å². The van der Waals surface area contributed by atoms with Gasteiger partial charge in [-0.15, -0.1) is 0 Å². The van der Waals surface area contributed by atoms with Gasteiger partial charge in [-0.05, 0) is 42.2 Å². The number of amides is 1. The number of morpholine rings is 1. The zero-order chi connectivity index (χ0) is 21.5. The van der Waals surface area contributed by atoms with Crippen LogP contribution in [0.2, 0.25) is 0 Å². The lowest BCUT2D eigenvalue weighted by atomic mass is 9.77. The summed E-state index contributed by atoms with van der Waals surface area (Å²) in [4.78, 5) is 20.1. The van der Waals surface area contributed by atoms with Crippen molar-refractivity contribution in [1.29, 1.82) is 0 Å². The number of hydrogen-bond donors (Lipinski definition) is 1. The number of fused-ring (bicyclic) bond motifs is 2. The molecule has 0 radical (unpaired) electrons. The van der Waals surface area contributed by atoms with E-state index in [0.29, 0.717) is 11.8 Å². The van der Waals surface area contributed by atoms with Crippen LogP contribution in [0.3, 0.4) is 0 Å². The van der Waals surface area contributed by atoms with Crippen molar-refractivity contribution < 1.29 is 14.6 Å². The molecule has 2 heterocycles. The van der Waals surface area contributed by atoms with Crippen molar-refractivity contribution in [3.8, 4) is 0 Å². The summed E-state index contributed by atoms with van der Waals surface area (Å²) in [7, 11) is 4.06. The van der Waals surface area contributed by atoms with Crippen molar-refractivity contribution in [2.24, 2.45) is 11.8 Å². The van der Waals surface area contributed by atoms with Crippen LogP contribution < -0.4 is 4.90 Å². The normalized spacial score (nSPS) is 29.2. The van der Waals surface area contributed by atoms with Gasteiger partial charge in [0.05, 0.1) is 19.3 Å². The third-order valence-electron chi connectivity index (χ3n) is 7.52. The molecule has 2 aromatic rings. The van der Waals surface area contributed by atoms with E-state index < -0.39 is 0 Å². The molecular formula is C25H33N3O3. The van der Waals surface area contributed by atoms with Crippen molar-refractivity contribution >= 4 is 22.4 Å². The number of benzene rings is 2.